The number of benzene rings is 1. The maximum Gasteiger partial charge on any atom is 0.110 e. The van der Waals surface area contributed by atoms with E-state index in [0.29, 0.717) is 12.0 Å². The van der Waals surface area contributed by atoms with Gasteiger partial charge in [0, 0.05) is 17.5 Å². The summed E-state index contributed by atoms with van der Waals surface area (Å²) < 4.78 is 2.41. The monoisotopic (exact) mass is 277 g/mol. The van der Waals surface area contributed by atoms with Crippen molar-refractivity contribution in [1.29, 1.82) is 0 Å². The van der Waals surface area contributed by atoms with Gasteiger partial charge in [0.15, 0.2) is 0 Å². The molecule has 3 nitrogen and oxygen atoms in total. The van der Waals surface area contributed by atoms with Gasteiger partial charge in [0.05, 0.1) is 11.0 Å². The minimum atomic E-state index is 0.552. The van der Waals surface area contributed by atoms with Gasteiger partial charge in [-0.15, -0.1) is 0 Å². The summed E-state index contributed by atoms with van der Waals surface area (Å²) in [5.74, 6) is 1.75. The first-order chi connectivity index (χ1) is 9.19. The lowest BCUT2D eigenvalue weighted by atomic mass is 10.1. The highest BCUT2D eigenvalue weighted by Gasteiger charge is 2.28. The first-order valence-electron chi connectivity index (χ1n) is 7.05. The van der Waals surface area contributed by atoms with Gasteiger partial charge >= 0.3 is 0 Å². The third-order valence-corrected chi connectivity index (χ3v) is 4.13. The average molecular weight is 278 g/mol. The van der Waals surface area contributed by atoms with Gasteiger partial charge in [0.25, 0.3) is 0 Å². The third kappa shape index (κ3) is 2.63. The molecule has 1 heterocycles. The van der Waals surface area contributed by atoms with Crippen molar-refractivity contribution in [2.24, 2.45) is 11.7 Å². The zero-order valence-electron chi connectivity index (χ0n) is 11.3. The van der Waals surface area contributed by atoms with Crippen LogP contribution in [0.2, 0.25) is 5.02 Å². The van der Waals surface area contributed by atoms with E-state index in [1.165, 1.54) is 24.2 Å². The topological polar surface area (TPSA) is 43.8 Å². The van der Waals surface area contributed by atoms with Crippen molar-refractivity contribution in [3.05, 3.63) is 29.0 Å². The minimum absolute atomic E-state index is 0.552. The number of nitrogens with zero attached hydrogens (tertiary/aromatic N) is 2. The summed E-state index contributed by atoms with van der Waals surface area (Å²) in [7, 11) is 0. The average Bonchev–Trinajstić information content (AvgIpc) is 3.17. The Morgan fingerprint density at radius 2 is 2.26 bits per heavy atom. The Labute approximate surface area is 118 Å². The number of aryl methyl sites for hydroxylation is 1. The van der Waals surface area contributed by atoms with Gasteiger partial charge in [-0.25, -0.2) is 4.98 Å². The first-order valence-corrected chi connectivity index (χ1v) is 7.43. The highest BCUT2D eigenvalue weighted by atomic mass is 35.5. The second-order valence-electron chi connectivity index (χ2n) is 5.64. The smallest absolute Gasteiger partial charge is 0.110 e. The molecule has 2 aromatic rings. The Morgan fingerprint density at radius 1 is 1.47 bits per heavy atom. The number of hydrogen-bond donors (Lipinski definition) is 1. The van der Waals surface area contributed by atoms with Crippen molar-refractivity contribution in [3.8, 4) is 0 Å². The van der Waals surface area contributed by atoms with Gasteiger partial charge in [0.1, 0.15) is 5.82 Å². The molecule has 2 N–H and O–H groups in total. The highest BCUT2D eigenvalue weighted by molar-refractivity contribution is 6.31. The maximum absolute atomic E-state index is 6.06. The number of imidazole rings is 1. The predicted molar refractivity (Wildman–Crippen MR) is 79.6 cm³/mol. The van der Waals surface area contributed by atoms with Gasteiger partial charge in [-0.05, 0) is 49.9 Å². The Kier molecular flexibility index (Phi) is 3.50. The quantitative estimate of drug-likeness (QED) is 0.908. The summed E-state index contributed by atoms with van der Waals surface area (Å²) in [6.07, 6.45) is 4.64. The molecule has 1 unspecified atom stereocenters. The molecule has 0 amide bonds. The van der Waals surface area contributed by atoms with Crippen LogP contribution >= 0.6 is 11.6 Å². The molecule has 4 heteroatoms. The number of rotatable bonds is 5. The van der Waals surface area contributed by atoms with Gasteiger partial charge in [0.2, 0.25) is 0 Å². The number of nitrogens with two attached hydrogens (primary N) is 1. The van der Waals surface area contributed by atoms with Gasteiger partial charge in [-0.2, -0.15) is 0 Å². The summed E-state index contributed by atoms with van der Waals surface area (Å²) in [4.78, 5) is 4.78. The zero-order chi connectivity index (χ0) is 13.4. The molecular formula is C15H20ClN3. The van der Waals surface area contributed by atoms with Crippen LogP contribution in [0.5, 0.6) is 0 Å². The molecule has 1 atom stereocenters. The fourth-order valence-electron chi connectivity index (χ4n) is 2.53. The number of aromatic nitrogens is 2. The van der Waals surface area contributed by atoms with E-state index in [9.17, 15) is 0 Å². The molecule has 102 valence electrons. The number of halogens is 1. The standard InChI is InChI=1S/C15H20ClN3/c1-10(9-17)2-7-15-18-13-8-11(16)3-6-14(13)19(15)12-4-5-12/h3,6,8,10,12H,2,4-5,7,9,17H2,1H3. The van der Waals surface area contributed by atoms with Crippen molar-refractivity contribution >= 4 is 22.6 Å². The SMILES string of the molecule is CC(CN)CCc1nc2cc(Cl)ccc2n1C1CC1. The molecule has 0 spiro atoms. The van der Waals surface area contributed by atoms with E-state index in [0.717, 1.165) is 29.9 Å². The Balaban J connectivity index is 1.95. The normalized spacial score (nSPS) is 17.0. The molecular weight excluding hydrogens is 258 g/mol. The largest absolute Gasteiger partial charge is 0.330 e. The van der Waals surface area contributed by atoms with E-state index in [-0.39, 0.29) is 0 Å². The van der Waals surface area contributed by atoms with E-state index in [4.69, 9.17) is 22.3 Å². The Morgan fingerprint density at radius 3 is 2.95 bits per heavy atom. The lowest BCUT2D eigenvalue weighted by Gasteiger charge is -2.10. The van der Waals surface area contributed by atoms with Crippen molar-refractivity contribution < 1.29 is 0 Å². The summed E-state index contributed by atoms with van der Waals surface area (Å²) in [5.41, 5.74) is 7.94. The van der Waals surface area contributed by atoms with Crippen molar-refractivity contribution in [1.82, 2.24) is 9.55 Å². The molecule has 0 saturated heterocycles. The lowest BCUT2D eigenvalue weighted by Crippen LogP contribution is -2.12. The second kappa shape index (κ2) is 5.14. The summed E-state index contributed by atoms with van der Waals surface area (Å²) >= 11 is 6.06. The van der Waals surface area contributed by atoms with Crippen molar-refractivity contribution in [2.75, 3.05) is 6.54 Å². The Bertz CT molecular complexity index is 586. The molecule has 1 fully saturated rings. The molecule has 0 radical (unpaired) electrons. The summed E-state index contributed by atoms with van der Waals surface area (Å²) in [5, 5.41) is 0.759. The lowest BCUT2D eigenvalue weighted by molar-refractivity contribution is 0.525. The summed E-state index contributed by atoms with van der Waals surface area (Å²) in [6, 6.07) is 6.66. The number of fused-ring (bicyclic) bond motifs is 1. The fourth-order valence-corrected chi connectivity index (χ4v) is 2.70. The molecule has 1 aromatic carbocycles. The van der Waals surface area contributed by atoms with E-state index >= 15 is 0 Å². The van der Waals surface area contributed by atoms with Crippen LogP contribution in [0.15, 0.2) is 18.2 Å². The molecule has 1 saturated carbocycles. The molecule has 1 aliphatic carbocycles. The number of hydrogen-bond acceptors (Lipinski definition) is 2. The molecule has 0 aliphatic heterocycles. The first kappa shape index (κ1) is 12.9. The van der Waals surface area contributed by atoms with Gasteiger partial charge in [-0.1, -0.05) is 18.5 Å². The van der Waals surface area contributed by atoms with E-state index < -0.39 is 0 Å². The third-order valence-electron chi connectivity index (χ3n) is 3.90. The highest BCUT2D eigenvalue weighted by Crippen LogP contribution is 2.39. The van der Waals surface area contributed by atoms with E-state index in [2.05, 4.69) is 17.6 Å². The van der Waals surface area contributed by atoms with Crippen LogP contribution in [-0.2, 0) is 6.42 Å². The van der Waals surface area contributed by atoms with Crippen LogP contribution in [0.1, 0.15) is 38.1 Å². The molecule has 3 rings (SSSR count). The van der Waals surface area contributed by atoms with Crippen LogP contribution in [0.4, 0.5) is 0 Å². The second-order valence-corrected chi connectivity index (χ2v) is 6.08. The predicted octanol–water partition coefficient (Wildman–Crippen LogP) is 3.55. The van der Waals surface area contributed by atoms with E-state index in [1.54, 1.807) is 0 Å². The molecule has 1 aromatic heterocycles. The van der Waals surface area contributed by atoms with Crippen molar-refractivity contribution in [3.63, 3.8) is 0 Å². The summed E-state index contributed by atoms with van der Waals surface area (Å²) in [6.45, 7) is 2.94. The van der Waals surface area contributed by atoms with Crippen LogP contribution in [0.25, 0.3) is 11.0 Å². The van der Waals surface area contributed by atoms with Crippen molar-refractivity contribution in [2.45, 2.75) is 38.6 Å². The fraction of sp³-hybridized carbons (Fsp3) is 0.533. The van der Waals surface area contributed by atoms with Crippen LogP contribution < -0.4 is 5.73 Å². The van der Waals surface area contributed by atoms with E-state index in [1.807, 2.05) is 12.1 Å². The molecule has 1 aliphatic rings. The van der Waals surface area contributed by atoms with Crippen LogP contribution in [0, 0.1) is 5.92 Å². The molecule has 19 heavy (non-hydrogen) atoms. The van der Waals surface area contributed by atoms with Gasteiger partial charge < -0.3 is 10.3 Å². The minimum Gasteiger partial charge on any atom is -0.330 e. The van der Waals surface area contributed by atoms with Crippen LogP contribution in [-0.4, -0.2) is 16.1 Å². The maximum atomic E-state index is 6.06. The molecule has 0 bridgehead atoms. The zero-order valence-corrected chi connectivity index (χ0v) is 12.0. The van der Waals surface area contributed by atoms with Crippen LogP contribution in [0.3, 0.4) is 0 Å². The Hall–Kier alpha value is -1.06. The van der Waals surface area contributed by atoms with Gasteiger partial charge in [-0.3, -0.25) is 0 Å².